The van der Waals surface area contributed by atoms with E-state index in [1.54, 1.807) is 45.9 Å². The number of carbonyl (C=O) groups is 2. The standard InChI is InChI=1S/C27H34N4O4S/c1-16(14-28)29-24(32)22-21-19(27(21,5)6)15-31(22)25(33)23(26(2,3)4)30-36(34,35)20-13-9-11-17-10-7-8-12-18(17)20/h7-13,16,19,21-23,30H,15H2,1-6H3,(H,29,32)/t16-,19-,21-,22-,23+/m0/s1. The van der Waals surface area contributed by atoms with E-state index in [2.05, 4.69) is 23.9 Å². The summed E-state index contributed by atoms with van der Waals surface area (Å²) in [5, 5.41) is 13.2. The van der Waals surface area contributed by atoms with Crippen LogP contribution in [-0.4, -0.2) is 49.8 Å². The van der Waals surface area contributed by atoms with Gasteiger partial charge in [-0.2, -0.15) is 9.98 Å². The molecule has 9 heteroatoms. The van der Waals surface area contributed by atoms with Gasteiger partial charge in [0.05, 0.1) is 11.0 Å². The van der Waals surface area contributed by atoms with Crippen LogP contribution in [0.2, 0.25) is 0 Å². The Morgan fingerprint density at radius 2 is 1.78 bits per heavy atom. The Bertz CT molecular complexity index is 1350. The summed E-state index contributed by atoms with van der Waals surface area (Å²) in [5.41, 5.74) is -0.869. The quantitative estimate of drug-likeness (QED) is 0.619. The molecule has 5 atom stereocenters. The normalized spacial score (nSPS) is 24.5. The average Bonchev–Trinajstić information content (AvgIpc) is 3.14. The van der Waals surface area contributed by atoms with Gasteiger partial charge in [-0.25, -0.2) is 8.42 Å². The number of sulfonamides is 1. The van der Waals surface area contributed by atoms with E-state index in [0.717, 1.165) is 5.39 Å². The molecule has 2 aliphatic rings. The number of nitriles is 1. The summed E-state index contributed by atoms with van der Waals surface area (Å²) in [5.74, 6) is -0.702. The molecule has 36 heavy (non-hydrogen) atoms. The van der Waals surface area contributed by atoms with Crippen LogP contribution in [-0.2, 0) is 19.6 Å². The number of likely N-dealkylation sites (tertiary alicyclic amines) is 1. The number of benzene rings is 2. The molecule has 1 aliphatic heterocycles. The highest BCUT2D eigenvalue weighted by molar-refractivity contribution is 7.89. The summed E-state index contributed by atoms with van der Waals surface area (Å²) >= 11 is 0. The Balaban J connectivity index is 1.67. The van der Waals surface area contributed by atoms with E-state index in [0.29, 0.717) is 11.9 Å². The Morgan fingerprint density at radius 1 is 1.14 bits per heavy atom. The third kappa shape index (κ3) is 4.48. The molecule has 1 heterocycles. The van der Waals surface area contributed by atoms with Gasteiger partial charge in [-0.15, -0.1) is 0 Å². The predicted octanol–water partition coefficient (Wildman–Crippen LogP) is 3.04. The molecule has 2 aromatic rings. The van der Waals surface area contributed by atoms with Crippen molar-refractivity contribution >= 4 is 32.6 Å². The van der Waals surface area contributed by atoms with Gasteiger partial charge < -0.3 is 10.2 Å². The fourth-order valence-corrected chi connectivity index (χ4v) is 7.18. The number of hydrogen-bond donors (Lipinski definition) is 2. The van der Waals surface area contributed by atoms with Crippen LogP contribution in [0.1, 0.15) is 41.5 Å². The van der Waals surface area contributed by atoms with Gasteiger partial charge in [0.25, 0.3) is 0 Å². The van der Waals surface area contributed by atoms with Crippen molar-refractivity contribution in [3.8, 4) is 6.07 Å². The lowest BCUT2D eigenvalue weighted by Gasteiger charge is -2.37. The summed E-state index contributed by atoms with van der Waals surface area (Å²) in [7, 11) is -4.07. The zero-order valence-corrected chi connectivity index (χ0v) is 22.4. The largest absolute Gasteiger partial charge is 0.339 e. The third-order valence-corrected chi connectivity index (χ3v) is 9.22. The molecule has 0 aromatic heterocycles. The van der Waals surface area contributed by atoms with E-state index in [1.165, 1.54) is 11.0 Å². The first-order chi connectivity index (χ1) is 16.7. The van der Waals surface area contributed by atoms with Crippen molar-refractivity contribution in [2.75, 3.05) is 6.54 Å². The van der Waals surface area contributed by atoms with Crippen LogP contribution in [0.5, 0.6) is 0 Å². The second kappa shape index (κ2) is 8.86. The maximum absolute atomic E-state index is 14.0. The molecule has 1 saturated heterocycles. The highest BCUT2D eigenvalue weighted by Gasteiger charge is 2.69. The zero-order chi connectivity index (χ0) is 26.6. The van der Waals surface area contributed by atoms with Crippen molar-refractivity contribution in [3.63, 3.8) is 0 Å². The Morgan fingerprint density at radius 3 is 2.42 bits per heavy atom. The molecule has 4 rings (SSSR count). The average molecular weight is 511 g/mol. The van der Waals surface area contributed by atoms with E-state index < -0.39 is 39.5 Å². The van der Waals surface area contributed by atoms with Crippen LogP contribution in [0.4, 0.5) is 0 Å². The third-order valence-electron chi connectivity index (χ3n) is 7.74. The summed E-state index contributed by atoms with van der Waals surface area (Å²) in [6.45, 7) is 11.5. The van der Waals surface area contributed by atoms with Crippen LogP contribution in [0.25, 0.3) is 10.8 Å². The molecular weight excluding hydrogens is 476 g/mol. The van der Waals surface area contributed by atoms with E-state index >= 15 is 0 Å². The summed E-state index contributed by atoms with van der Waals surface area (Å²) in [6, 6.07) is 11.7. The number of fused-ring (bicyclic) bond motifs is 2. The number of hydrogen-bond acceptors (Lipinski definition) is 5. The smallest absolute Gasteiger partial charge is 0.244 e. The van der Waals surface area contributed by atoms with Gasteiger partial charge in [0.1, 0.15) is 18.1 Å². The molecule has 2 aromatic carbocycles. The molecule has 192 valence electrons. The molecule has 2 amide bonds. The van der Waals surface area contributed by atoms with Crippen LogP contribution in [0.3, 0.4) is 0 Å². The van der Waals surface area contributed by atoms with E-state index in [9.17, 15) is 18.0 Å². The number of carbonyl (C=O) groups excluding carboxylic acids is 2. The molecule has 1 saturated carbocycles. The van der Waals surface area contributed by atoms with Gasteiger partial charge in [-0.3, -0.25) is 9.59 Å². The second-order valence-corrected chi connectivity index (χ2v) is 13.3. The first kappa shape index (κ1) is 26.1. The van der Waals surface area contributed by atoms with Crippen LogP contribution >= 0.6 is 0 Å². The summed E-state index contributed by atoms with van der Waals surface area (Å²) < 4.78 is 29.9. The molecule has 0 radical (unpaired) electrons. The molecule has 0 spiro atoms. The minimum Gasteiger partial charge on any atom is -0.339 e. The molecule has 2 N–H and O–H groups in total. The Labute approximate surface area is 213 Å². The van der Waals surface area contributed by atoms with Gasteiger partial charge in [0, 0.05) is 11.9 Å². The number of piperidine rings is 1. The van der Waals surface area contributed by atoms with E-state index in [4.69, 9.17) is 5.26 Å². The number of rotatable bonds is 6. The van der Waals surface area contributed by atoms with Gasteiger partial charge in [0.15, 0.2) is 0 Å². The van der Waals surface area contributed by atoms with Crippen LogP contribution < -0.4 is 10.0 Å². The monoisotopic (exact) mass is 510 g/mol. The Hall–Kier alpha value is -2.96. The summed E-state index contributed by atoms with van der Waals surface area (Å²) in [4.78, 5) is 28.8. The highest BCUT2D eigenvalue weighted by Crippen LogP contribution is 2.65. The maximum atomic E-state index is 14.0. The molecule has 8 nitrogen and oxygen atoms in total. The predicted molar refractivity (Wildman–Crippen MR) is 137 cm³/mol. The first-order valence-electron chi connectivity index (χ1n) is 12.2. The van der Waals surface area contributed by atoms with Crippen molar-refractivity contribution in [3.05, 3.63) is 42.5 Å². The number of nitrogens with one attached hydrogen (secondary N) is 2. The molecule has 2 fully saturated rings. The first-order valence-corrected chi connectivity index (χ1v) is 13.7. The minimum atomic E-state index is -4.07. The minimum absolute atomic E-state index is 0.0392. The number of nitrogens with zero attached hydrogens (tertiary/aromatic N) is 2. The highest BCUT2D eigenvalue weighted by atomic mass is 32.2. The van der Waals surface area contributed by atoms with Crippen molar-refractivity contribution in [2.45, 2.75) is 64.6 Å². The van der Waals surface area contributed by atoms with Crippen molar-refractivity contribution < 1.29 is 18.0 Å². The maximum Gasteiger partial charge on any atom is 0.244 e. The molecule has 0 bridgehead atoms. The fourth-order valence-electron chi connectivity index (χ4n) is 5.56. The lowest BCUT2D eigenvalue weighted by Crippen LogP contribution is -2.59. The Kier molecular flexibility index (Phi) is 6.42. The van der Waals surface area contributed by atoms with Crippen molar-refractivity contribution in [1.82, 2.24) is 14.9 Å². The topological polar surface area (TPSA) is 119 Å². The SMILES string of the molecule is C[C@@H](C#N)NC(=O)[C@@H]1[C@@H]2[C@H](CN1C(=O)[C@@H](NS(=O)(=O)c1cccc3ccccc13)C(C)(C)C)C2(C)C. The number of amides is 2. The zero-order valence-electron chi connectivity index (χ0n) is 21.6. The second-order valence-electron chi connectivity index (χ2n) is 11.6. The van der Waals surface area contributed by atoms with E-state index in [-0.39, 0.29) is 28.1 Å². The van der Waals surface area contributed by atoms with E-state index in [1.807, 2.05) is 24.3 Å². The van der Waals surface area contributed by atoms with Gasteiger partial charge >= 0.3 is 0 Å². The summed E-state index contributed by atoms with van der Waals surface area (Å²) in [6.07, 6.45) is 0. The lowest BCUT2D eigenvalue weighted by atomic mass is 9.86. The molecular formula is C27H34N4O4S. The van der Waals surface area contributed by atoms with Crippen LogP contribution in [0, 0.1) is 34.0 Å². The lowest BCUT2D eigenvalue weighted by molar-refractivity contribution is -0.143. The van der Waals surface area contributed by atoms with Crippen LogP contribution in [0.15, 0.2) is 47.4 Å². The van der Waals surface area contributed by atoms with Crippen molar-refractivity contribution in [1.29, 1.82) is 5.26 Å². The molecule has 1 aliphatic carbocycles. The van der Waals surface area contributed by atoms with Gasteiger partial charge in [-0.05, 0) is 41.0 Å². The fraction of sp³-hybridized carbons (Fsp3) is 0.519. The van der Waals surface area contributed by atoms with Gasteiger partial charge in [-0.1, -0.05) is 71.0 Å². The molecule has 0 unspecified atom stereocenters. The van der Waals surface area contributed by atoms with Gasteiger partial charge in [0.2, 0.25) is 21.8 Å². The van der Waals surface area contributed by atoms with Crippen molar-refractivity contribution in [2.24, 2.45) is 22.7 Å².